The molecule has 0 heterocycles. The molecule has 0 spiro atoms. The summed E-state index contributed by atoms with van der Waals surface area (Å²) in [6.07, 6.45) is 2.13. The van der Waals surface area contributed by atoms with Gasteiger partial charge in [-0.2, -0.15) is 0 Å². The van der Waals surface area contributed by atoms with Crippen LogP contribution in [0.2, 0.25) is 0 Å². The van der Waals surface area contributed by atoms with E-state index in [1.165, 1.54) is 12.7 Å². The largest absolute Gasteiger partial charge is 0.516 e. The van der Waals surface area contributed by atoms with E-state index in [1.807, 2.05) is 24.3 Å². The quantitative estimate of drug-likeness (QED) is 0.612. The maximum absolute atomic E-state index is 11.3. The number of carbonyl (C=O) groups excluding carboxylic acids is 1. The first-order chi connectivity index (χ1) is 7.76. The molecule has 3 nitrogen and oxygen atoms in total. The van der Waals surface area contributed by atoms with Gasteiger partial charge in [0.05, 0.1) is 19.8 Å². The second-order valence-corrected chi connectivity index (χ2v) is 3.91. The van der Waals surface area contributed by atoms with Crippen LogP contribution in [0.3, 0.4) is 0 Å². The first-order valence-electron chi connectivity index (χ1n) is 5.24. The summed E-state index contributed by atoms with van der Waals surface area (Å²) in [6, 6.07) is 7.94. The molecule has 1 aliphatic rings. The lowest BCUT2D eigenvalue weighted by molar-refractivity contribution is -0.140. The lowest BCUT2D eigenvalue weighted by Gasteiger charge is -2.11. The van der Waals surface area contributed by atoms with Crippen LogP contribution in [0.5, 0.6) is 0 Å². The molecule has 1 atom stereocenters. The van der Waals surface area contributed by atoms with Crippen molar-refractivity contribution >= 4 is 5.97 Å². The normalized spacial score (nSPS) is 20.8. The molecule has 16 heavy (non-hydrogen) atoms. The molecular weight excluding hydrogens is 204 g/mol. The molecule has 0 aliphatic heterocycles. The SMILES string of the molecule is COC(=O)CC1/C(=C\O)Cc2ccccc21. The average molecular weight is 218 g/mol. The molecule has 2 rings (SSSR count). The van der Waals surface area contributed by atoms with Crippen LogP contribution in [-0.4, -0.2) is 18.2 Å². The number of allylic oxidation sites excluding steroid dienone is 1. The highest BCUT2D eigenvalue weighted by atomic mass is 16.5. The summed E-state index contributed by atoms with van der Waals surface area (Å²) < 4.78 is 4.67. The number of fused-ring (bicyclic) bond motifs is 1. The van der Waals surface area contributed by atoms with Crippen LogP contribution >= 0.6 is 0 Å². The Kier molecular flexibility index (Phi) is 2.95. The van der Waals surface area contributed by atoms with Gasteiger partial charge in [0, 0.05) is 5.92 Å². The smallest absolute Gasteiger partial charge is 0.306 e. The summed E-state index contributed by atoms with van der Waals surface area (Å²) in [7, 11) is 1.38. The van der Waals surface area contributed by atoms with E-state index in [2.05, 4.69) is 4.74 Å². The van der Waals surface area contributed by atoms with Crippen molar-refractivity contribution in [3.8, 4) is 0 Å². The maximum atomic E-state index is 11.3. The van der Waals surface area contributed by atoms with Crippen molar-refractivity contribution in [2.24, 2.45) is 0 Å². The Bertz CT molecular complexity index is 435. The van der Waals surface area contributed by atoms with Crippen LogP contribution < -0.4 is 0 Å². The molecule has 1 unspecified atom stereocenters. The monoisotopic (exact) mass is 218 g/mol. The van der Waals surface area contributed by atoms with Gasteiger partial charge in [-0.3, -0.25) is 4.79 Å². The minimum atomic E-state index is -0.249. The van der Waals surface area contributed by atoms with E-state index in [4.69, 9.17) is 0 Å². The summed E-state index contributed by atoms with van der Waals surface area (Å²) in [5, 5.41) is 9.18. The number of rotatable bonds is 2. The molecule has 0 bridgehead atoms. The Morgan fingerprint density at radius 3 is 3.00 bits per heavy atom. The molecule has 0 amide bonds. The molecule has 1 aromatic carbocycles. The topological polar surface area (TPSA) is 46.5 Å². The predicted octanol–water partition coefficient (Wildman–Crippen LogP) is 2.33. The molecule has 1 aliphatic carbocycles. The first kappa shape index (κ1) is 10.7. The van der Waals surface area contributed by atoms with E-state index in [1.54, 1.807) is 0 Å². The van der Waals surface area contributed by atoms with Crippen LogP contribution in [0.25, 0.3) is 0 Å². The van der Waals surface area contributed by atoms with Gasteiger partial charge in [-0.05, 0) is 23.1 Å². The van der Waals surface area contributed by atoms with Crippen LogP contribution in [-0.2, 0) is 16.0 Å². The molecule has 0 saturated heterocycles. The van der Waals surface area contributed by atoms with Crippen molar-refractivity contribution in [2.45, 2.75) is 18.8 Å². The van der Waals surface area contributed by atoms with Crippen molar-refractivity contribution in [3.63, 3.8) is 0 Å². The molecule has 0 saturated carbocycles. The summed E-state index contributed by atoms with van der Waals surface area (Å²) >= 11 is 0. The fourth-order valence-corrected chi connectivity index (χ4v) is 2.20. The lowest BCUT2D eigenvalue weighted by atomic mass is 9.95. The molecular formula is C13H14O3. The van der Waals surface area contributed by atoms with Gasteiger partial charge in [0.2, 0.25) is 0 Å². The minimum Gasteiger partial charge on any atom is -0.516 e. The predicted molar refractivity (Wildman–Crippen MR) is 60.2 cm³/mol. The number of aliphatic hydroxyl groups excluding tert-OH is 1. The number of carbonyl (C=O) groups is 1. The number of methoxy groups -OCH3 is 1. The van der Waals surface area contributed by atoms with Gasteiger partial charge in [-0.15, -0.1) is 0 Å². The Labute approximate surface area is 94.4 Å². The Balaban J connectivity index is 2.31. The summed E-state index contributed by atoms with van der Waals surface area (Å²) in [5.74, 6) is -0.283. The van der Waals surface area contributed by atoms with Gasteiger partial charge in [-0.1, -0.05) is 24.3 Å². The number of benzene rings is 1. The first-order valence-corrected chi connectivity index (χ1v) is 5.24. The number of hydrogen-bond acceptors (Lipinski definition) is 3. The minimum absolute atomic E-state index is 0.0337. The second kappa shape index (κ2) is 4.39. The van der Waals surface area contributed by atoms with Crippen LogP contribution in [0.1, 0.15) is 23.5 Å². The molecule has 84 valence electrons. The molecule has 3 heteroatoms. The molecule has 0 radical (unpaired) electrons. The summed E-state index contributed by atoms with van der Waals surface area (Å²) in [5.41, 5.74) is 3.18. The summed E-state index contributed by atoms with van der Waals surface area (Å²) in [4.78, 5) is 11.3. The van der Waals surface area contributed by atoms with E-state index in [0.29, 0.717) is 12.8 Å². The van der Waals surface area contributed by atoms with Crippen LogP contribution in [0.15, 0.2) is 36.1 Å². The van der Waals surface area contributed by atoms with Crippen molar-refractivity contribution in [1.29, 1.82) is 0 Å². The zero-order chi connectivity index (χ0) is 11.5. The van der Waals surface area contributed by atoms with Gasteiger partial charge in [0.25, 0.3) is 0 Å². The van der Waals surface area contributed by atoms with Gasteiger partial charge < -0.3 is 9.84 Å². The van der Waals surface area contributed by atoms with Crippen molar-refractivity contribution < 1.29 is 14.6 Å². The van der Waals surface area contributed by atoms with Crippen LogP contribution in [0.4, 0.5) is 0 Å². The van der Waals surface area contributed by atoms with Crippen LogP contribution in [0, 0.1) is 0 Å². The van der Waals surface area contributed by atoms with Crippen molar-refractivity contribution in [3.05, 3.63) is 47.2 Å². The maximum Gasteiger partial charge on any atom is 0.306 e. The van der Waals surface area contributed by atoms with Gasteiger partial charge in [-0.25, -0.2) is 0 Å². The third-order valence-corrected chi connectivity index (χ3v) is 3.04. The molecule has 1 aromatic rings. The lowest BCUT2D eigenvalue weighted by Crippen LogP contribution is -2.07. The van der Waals surface area contributed by atoms with E-state index < -0.39 is 0 Å². The van der Waals surface area contributed by atoms with E-state index in [-0.39, 0.29) is 11.9 Å². The third-order valence-electron chi connectivity index (χ3n) is 3.04. The highest BCUT2D eigenvalue weighted by molar-refractivity contribution is 5.72. The van der Waals surface area contributed by atoms with E-state index in [9.17, 15) is 9.90 Å². The molecule has 1 N–H and O–H groups in total. The van der Waals surface area contributed by atoms with Gasteiger partial charge in [0.1, 0.15) is 0 Å². The molecule has 0 aromatic heterocycles. The fraction of sp³-hybridized carbons (Fsp3) is 0.308. The van der Waals surface area contributed by atoms with Gasteiger partial charge >= 0.3 is 5.97 Å². The van der Waals surface area contributed by atoms with Gasteiger partial charge in [0.15, 0.2) is 0 Å². The average Bonchev–Trinajstić information content (AvgIpc) is 2.67. The zero-order valence-electron chi connectivity index (χ0n) is 9.14. The number of esters is 1. The highest BCUT2D eigenvalue weighted by Crippen LogP contribution is 2.39. The Morgan fingerprint density at radius 2 is 2.31 bits per heavy atom. The summed E-state index contributed by atoms with van der Waals surface area (Å²) in [6.45, 7) is 0. The second-order valence-electron chi connectivity index (χ2n) is 3.91. The highest BCUT2D eigenvalue weighted by Gasteiger charge is 2.29. The standard InChI is InChI=1S/C13H14O3/c1-16-13(15)7-12-10(8-14)6-9-4-2-3-5-11(9)12/h2-5,8,12,14H,6-7H2,1H3/b10-8-. The number of hydrogen-bond donors (Lipinski definition) is 1. The molecule has 0 fully saturated rings. The van der Waals surface area contributed by atoms with Crippen molar-refractivity contribution in [1.82, 2.24) is 0 Å². The zero-order valence-corrected chi connectivity index (χ0v) is 9.14. The van der Waals surface area contributed by atoms with E-state index >= 15 is 0 Å². The third kappa shape index (κ3) is 1.81. The van der Waals surface area contributed by atoms with E-state index in [0.717, 1.165) is 17.4 Å². The van der Waals surface area contributed by atoms with Crippen molar-refractivity contribution in [2.75, 3.05) is 7.11 Å². The number of ether oxygens (including phenoxy) is 1. The Morgan fingerprint density at radius 1 is 1.56 bits per heavy atom. The number of aliphatic hydroxyl groups is 1. The fourth-order valence-electron chi connectivity index (χ4n) is 2.20. The Hall–Kier alpha value is -1.77.